The number of hydrogen-bond acceptors (Lipinski definition) is 4. The Labute approximate surface area is 114 Å². The van der Waals surface area contributed by atoms with Gasteiger partial charge in [-0.15, -0.1) is 0 Å². The molecule has 1 fully saturated rings. The number of ketones is 1. The summed E-state index contributed by atoms with van der Waals surface area (Å²) >= 11 is 4.65. The molecule has 5 nitrogen and oxygen atoms in total. The van der Waals surface area contributed by atoms with Crippen molar-refractivity contribution in [2.24, 2.45) is 5.92 Å². The van der Waals surface area contributed by atoms with Crippen molar-refractivity contribution in [3.8, 4) is 0 Å². The first-order valence-corrected chi connectivity index (χ1v) is 5.91. The zero-order chi connectivity index (χ0) is 13.8. The van der Waals surface area contributed by atoms with Crippen LogP contribution in [0.3, 0.4) is 0 Å². The van der Waals surface area contributed by atoms with Crippen molar-refractivity contribution in [3.63, 3.8) is 0 Å². The first kappa shape index (κ1) is 13.1. The van der Waals surface area contributed by atoms with E-state index in [9.17, 15) is 14.4 Å². The van der Waals surface area contributed by atoms with Crippen LogP contribution in [0.2, 0.25) is 0 Å². The second kappa shape index (κ2) is 5.53. The number of carbonyl (C=O) groups excluding carboxylic acids is 3. The normalized spacial score (nSPS) is 16.3. The van der Waals surface area contributed by atoms with Crippen LogP contribution in [0.5, 0.6) is 0 Å². The summed E-state index contributed by atoms with van der Waals surface area (Å²) in [6.07, 6.45) is 2.77. The number of allylic oxidation sites excluding steroid dienone is 1. The predicted octanol–water partition coefficient (Wildman–Crippen LogP) is 0.416. The van der Waals surface area contributed by atoms with Gasteiger partial charge in [0.2, 0.25) is 11.8 Å². The molecule has 6 heteroatoms. The van der Waals surface area contributed by atoms with Gasteiger partial charge < -0.3 is 10.6 Å². The van der Waals surface area contributed by atoms with Gasteiger partial charge in [-0.05, 0) is 23.9 Å². The fourth-order valence-electron chi connectivity index (χ4n) is 1.62. The van der Waals surface area contributed by atoms with Crippen LogP contribution in [-0.4, -0.2) is 22.7 Å². The molecule has 0 aromatic heterocycles. The summed E-state index contributed by atoms with van der Waals surface area (Å²) < 4.78 is 0. The molecule has 0 unspecified atom stereocenters. The van der Waals surface area contributed by atoms with E-state index in [1.807, 2.05) is 18.2 Å². The van der Waals surface area contributed by atoms with Gasteiger partial charge in [0.1, 0.15) is 0 Å². The van der Waals surface area contributed by atoms with Gasteiger partial charge in [-0.3, -0.25) is 14.4 Å². The Morgan fingerprint density at radius 3 is 2.26 bits per heavy atom. The van der Waals surface area contributed by atoms with Crippen LogP contribution in [0.15, 0.2) is 36.4 Å². The summed E-state index contributed by atoms with van der Waals surface area (Å²) in [5.74, 6) is -3.36. The van der Waals surface area contributed by atoms with Crippen LogP contribution in [0.4, 0.5) is 0 Å². The monoisotopic (exact) mass is 274 g/mol. The molecule has 2 amide bonds. The molecule has 0 radical (unpaired) electrons. The van der Waals surface area contributed by atoms with E-state index in [2.05, 4.69) is 22.9 Å². The van der Waals surface area contributed by atoms with Gasteiger partial charge in [0.15, 0.2) is 16.8 Å². The number of carbonyl (C=O) groups is 3. The highest BCUT2D eigenvalue weighted by molar-refractivity contribution is 7.80. The first-order valence-electron chi connectivity index (χ1n) is 5.50. The third-order valence-corrected chi connectivity index (χ3v) is 2.73. The van der Waals surface area contributed by atoms with E-state index >= 15 is 0 Å². The summed E-state index contributed by atoms with van der Waals surface area (Å²) in [4.78, 5) is 35.0. The lowest BCUT2D eigenvalue weighted by molar-refractivity contribution is -0.140. The molecule has 1 heterocycles. The van der Waals surface area contributed by atoms with Crippen molar-refractivity contribution in [3.05, 3.63) is 42.0 Å². The van der Waals surface area contributed by atoms with E-state index in [4.69, 9.17) is 0 Å². The minimum Gasteiger partial charge on any atom is -0.302 e. The standard InChI is InChI=1S/C13H10N2O3S/c16-9(7-6-8-4-2-1-3-5-8)10-11(17)14-13(19)15-12(10)18/h1-7,10H,(H2,14,15,17,18,19)/b7-6+. The van der Waals surface area contributed by atoms with Crippen molar-refractivity contribution < 1.29 is 14.4 Å². The van der Waals surface area contributed by atoms with E-state index in [0.29, 0.717) is 0 Å². The molecule has 1 aliphatic heterocycles. The van der Waals surface area contributed by atoms with Crippen molar-refractivity contribution in [1.82, 2.24) is 10.6 Å². The lowest BCUT2D eigenvalue weighted by Crippen LogP contribution is -2.57. The molecular formula is C13H10N2O3S. The highest BCUT2D eigenvalue weighted by Crippen LogP contribution is 2.07. The number of nitrogens with one attached hydrogen (secondary N) is 2. The Bertz CT molecular complexity index is 561. The summed E-state index contributed by atoms with van der Waals surface area (Å²) in [5, 5.41) is 4.41. The number of rotatable bonds is 3. The molecule has 1 aromatic rings. The van der Waals surface area contributed by atoms with Gasteiger partial charge >= 0.3 is 0 Å². The maximum absolute atomic E-state index is 11.8. The number of hydrogen-bond donors (Lipinski definition) is 2. The Morgan fingerprint density at radius 1 is 1.11 bits per heavy atom. The maximum atomic E-state index is 11.8. The molecule has 0 spiro atoms. The summed E-state index contributed by atoms with van der Waals surface area (Å²) in [6.45, 7) is 0. The molecule has 19 heavy (non-hydrogen) atoms. The number of amides is 2. The minimum absolute atomic E-state index is 0.0777. The second-order valence-corrected chi connectivity index (χ2v) is 4.30. The topological polar surface area (TPSA) is 75.3 Å². The van der Waals surface area contributed by atoms with Crippen molar-refractivity contribution in [1.29, 1.82) is 0 Å². The molecule has 0 saturated carbocycles. The van der Waals surface area contributed by atoms with Crippen LogP contribution in [0.1, 0.15) is 5.56 Å². The summed E-state index contributed by atoms with van der Waals surface area (Å²) in [7, 11) is 0. The van der Waals surface area contributed by atoms with Gasteiger partial charge in [0, 0.05) is 0 Å². The Hall–Kier alpha value is -2.34. The number of benzene rings is 1. The molecular weight excluding hydrogens is 264 g/mol. The van der Waals surface area contributed by atoms with Crippen LogP contribution >= 0.6 is 12.2 Å². The SMILES string of the molecule is O=C(/C=C/c1ccccc1)C1C(=O)NC(=S)NC1=O. The summed E-state index contributed by atoms with van der Waals surface area (Å²) in [6, 6.07) is 9.10. The molecule has 2 rings (SSSR count). The maximum Gasteiger partial charge on any atom is 0.246 e. The van der Waals surface area contributed by atoms with E-state index in [1.54, 1.807) is 18.2 Å². The van der Waals surface area contributed by atoms with Gasteiger partial charge in [-0.25, -0.2) is 0 Å². The third kappa shape index (κ3) is 3.11. The van der Waals surface area contributed by atoms with E-state index in [1.165, 1.54) is 6.08 Å². The predicted molar refractivity (Wildman–Crippen MR) is 72.9 cm³/mol. The van der Waals surface area contributed by atoms with Crippen LogP contribution in [0, 0.1) is 5.92 Å². The molecule has 1 saturated heterocycles. The fourth-order valence-corrected chi connectivity index (χ4v) is 1.82. The van der Waals surface area contributed by atoms with Crippen molar-refractivity contribution in [2.45, 2.75) is 0 Å². The van der Waals surface area contributed by atoms with Crippen LogP contribution < -0.4 is 10.6 Å². The lowest BCUT2D eigenvalue weighted by Gasteiger charge is -2.20. The van der Waals surface area contributed by atoms with Crippen LogP contribution in [0.25, 0.3) is 6.08 Å². The van der Waals surface area contributed by atoms with Crippen molar-refractivity contribution >= 4 is 41.0 Å². The second-order valence-electron chi connectivity index (χ2n) is 3.89. The Morgan fingerprint density at radius 2 is 1.68 bits per heavy atom. The van der Waals surface area contributed by atoms with Gasteiger partial charge in [0.25, 0.3) is 0 Å². The zero-order valence-electron chi connectivity index (χ0n) is 9.75. The third-order valence-electron chi connectivity index (χ3n) is 2.52. The molecule has 0 atom stereocenters. The Balaban J connectivity index is 2.12. The van der Waals surface area contributed by atoms with Crippen LogP contribution in [-0.2, 0) is 14.4 Å². The Kier molecular flexibility index (Phi) is 3.82. The van der Waals surface area contributed by atoms with Gasteiger partial charge in [-0.1, -0.05) is 36.4 Å². The molecule has 0 bridgehead atoms. The molecule has 1 aromatic carbocycles. The minimum atomic E-state index is -1.38. The van der Waals surface area contributed by atoms with E-state index in [-0.39, 0.29) is 5.11 Å². The molecule has 96 valence electrons. The average molecular weight is 274 g/mol. The quantitative estimate of drug-likeness (QED) is 0.476. The van der Waals surface area contributed by atoms with Gasteiger partial charge in [-0.2, -0.15) is 0 Å². The largest absolute Gasteiger partial charge is 0.302 e. The zero-order valence-corrected chi connectivity index (χ0v) is 10.6. The average Bonchev–Trinajstić information content (AvgIpc) is 2.36. The van der Waals surface area contributed by atoms with Gasteiger partial charge in [0.05, 0.1) is 0 Å². The van der Waals surface area contributed by atoms with E-state index < -0.39 is 23.5 Å². The molecule has 0 aliphatic carbocycles. The summed E-state index contributed by atoms with van der Waals surface area (Å²) in [5.41, 5.74) is 0.808. The van der Waals surface area contributed by atoms with Crippen molar-refractivity contribution in [2.75, 3.05) is 0 Å². The molecule has 2 N–H and O–H groups in total. The molecule has 1 aliphatic rings. The fraction of sp³-hybridized carbons (Fsp3) is 0.0769. The highest BCUT2D eigenvalue weighted by Gasteiger charge is 2.37. The lowest BCUT2D eigenvalue weighted by atomic mass is 9.99. The van der Waals surface area contributed by atoms with E-state index in [0.717, 1.165) is 5.56 Å². The highest BCUT2D eigenvalue weighted by atomic mass is 32.1. The smallest absolute Gasteiger partial charge is 0.246 e. The first-order chi connectivity index (χ1) is 9.08. The number of thiocarbonyl (C=S) groups is 1.